The van der Waals surface area contributed by atoms with Gasteiger partial charge in [-0.3, -0.25) is 0 Å². The Kier molecular flexibility index (Phi) is 4.68. The van der Waals surface area contributed by atoms with Crippen molar-refractivity contribution in [2.24, 2.45) is 0 Å². The van der Waals surface area contributed by atoms with Crippen LogP contribution >= 0.6 is 0 Å². The molecule has 0 saturated carbocycles. The molecule has 1 N–H and O–H groups in total. The number of esters is 1. The zero-order chi connectivity index (χ0) is 15.3. The Balaban J connectivity index is 2.06. The monoisotopic (exact) mass is 288 g/mol. The number of hydrogen-bond acceptors (Lipinski definition) is 4. The van der Waals surface area contributed by atoms with Crippen molar-refractivity contribution in [3.63, 3.8) is 0 Å². The van der Waals surface area contributed by atoms with E-state index in [4.69, 9.17) is 9.47 Å². The third kappa shape index (κ3) is 3.10. The van der Waals surface area contributed by atoms with Crippen LogP contribution in [0.4, 0.5) is 0 Å². The lowest BCUT2D eigenvalue weighted by Gasteiger charge is -2.42. The number of allylic oxidation sites excluding steroid dienone is 1. The van der Waals surface area contributed by atoms with E-state index in [1.165, 1.54) is 6.08 Å². The second kappa shape index (κ2) is 6.48. The maximum atomic E-state index is 11.2. The molecule has 1 aliphatic heterocycles. The standard InChI is InChI=1S/C17H20O4/c1-3-20-15(18)11-7-8-12-17(13(2)16(19)21-17)14-9-5-4-6-10-14/h4-7,9-11,19H,3,8,12H2,1-2H3/b11-7+. The summed E-state index contributed by atoms with van der Waals surface area (Å²) in [5.41, 5.74) is 1.23. The summed E-state index contributed by atoms with van der Waals surface area (Å²) in [6.07, 6.45) is 4.51. The van der Waals surface area contributed by atoms with Crippen molar-refractivity contribution in [3.05, 3.63) is 59.6 Å². The molecule has 4 nitrogen and oxygen atoms in total. The van der Waals surface area contributed by atoms with Gasteiger partial charge in [0.25, 0.3) is 5.95 Å². The number of benzene rings is 1. The second-order valence-corrected chi connectivity index (χ2v) is 4.92. The van der Waals surface area contributed by atoms with Crippen LogP contribution in [0.15, 0.2) is 54.0 Å². The number of ether oxygens (including phenoxy) is 2. The average molecular weight is 288 g/mol. The zero-order valence-corrected chi connectivity index (χ0v) is 12.3. The Morgan fingerprint density at radius 2 is 2.10 bits per heavy atom. The summed E-state index contributed by atoms with van der Waals surface area (Å²) in [6.45, 7) is 4.01. The van der Waals surface area contributed by atoms with Crippen molar-refractivity contribution in [3.8, 4) is 0 Å². The quantitative estimate of drug-likeness (QED) is 0.642. The van der Waals surface area contributed by atoms with Gasteiger partial charge < -0.3 is 14.6 Å². The first-order valence-electron chi connectivity index (χ1n) is 7.08. The van der Waals surface area contributed by atoms with Crippen LogP contribution in [0.2, 0.25) is 0 Å². The Labute approximate surface area is 124 Å². The highest BCUT2D eigenvalue weighted by molar-refractivity contribution is 5.81. The van der Waals surface area contributed by atoms with E-state index in [2.05, 4.69) is 0 Å². The Morgan fingerprint density at radius 3 is 2.67 bits per heavy atom. The normalized spacial score (nSPS) is 21.0. The molecule has 1 atom stereocenters. The van der Waals surface area contributed by atoms with Crippen LogP contribution in [-0.4, -0.2) is 17.7 Å². The minimum atomic E-state index is -0.593. The lowest BCUT2D eigenvalue weighted by atomic mass is 9.80. The van der Waals surface area contributed by atoms with Crippen LogP contribution in [0, 0.1) is 0 Å². The summed E-state index contributed by atoms with van der Waals surface area (Å²) >= 11 is 0. The highest BCUT2D eigenvalue weighted by Gasteiger charge is 2.46. The lowest BCUT2D eigenvalue weighted by molar-refractivity contribution is -0.137. The fraction of sp³-hybridized carbons (Fsp3) is 0.353. The third-order valence-electron chi connectivity index (χ3n) is 3.64. The van der Waals surface area contributed by atoms with Crippen LogP contribution in [0.1, 0.15) is 32.3 Å². The molecule has 4 heteroatoms. The summed E-state index contributed by atoms with van der Waals surface area (Å²) in [7, 11) is 0. The molecule has 1 aromatic carbocycles. The molecule has 0 radical (unpaired) electrons. The Morgan fingerprint density at radius 1 is 1.38 bits per heavy atom. The molecule has 1 unspecified atom stereocenters. The second-order valence-electron chi connectivity index (χ2n) is 4.92. The smallest absolute Gasteiger partial charge is 0.330 e. The van der Waals surface area contributed by atoms with Crippen LogP contribution < -0.4 is 0 Å². The molecule has 0 aromatic heterocycles. The number of carbonyl (C=O) groups excluding carboxylic acids is 1. The molecule has 0 amide bonds. The largest absolute Gasteiger partial charge is 0.481 e. The fourth-order valence-corrected chi connectivity index (χ4v) is 2.47. The number of rotatable bonds is 6. The van der Waals surface area contributed by atoms with E-state index in [0.717, 1.165) is 11.1 Å². The number of hydrogen-bond donors (Lipinski definition) is 1. The zero-order valence-electron chi connectivity index (χ0n) is 12.3. The Bertz CT molecular complexity index is 559. The predicted molar refractivity (Wildman–Crippen MR) is 79.5 cm³/mol. The van der Waals surface area contributed by atoms with Crippen molar-refractivity contribution in [1.29, 1.82) is 0 Å². The van der Waals surface area contributed by atoms with Gasteiger partial charge in [-0.25, -0.2) is 4.79 Å². The maximum absolute atomic E-state index is 11.2. The highest BCUT2D eigenvalue weighted by Crippen LogP contribution is 2.47. The number of carbonyl (C=O) groups is 1. The molecule has 112 valence electrons. The molecule has 0 fully saturated rings. The first kappa shape index (κ1) is 15.2. The van der Waals surface area contributed by atoms with Gasteiger partial charge in [0.2, 0.25) is 0 Å². The third-order valence-corrected chi connectivity index (χ3v) is 3.64. The lowest BCUT2D eigenvalue weighted by Crippen LogP contribution is -2.39. The van der Waals surface area contributed by atoms with Crippen LogP contribution in [0.5, 0.6) is 0 Å². The van der Waals surface area contributed by atoms with Gasteiger partial charge in [0.15, 0.2) is 5.60 Å². The number of aliphatic hydroxyl groups excluding tert-OH is 1. The first-order valence-corrected chi connectivity index (χ1v) is 7.08. The van der Waals surface area contributed by atoms with E-state index in [-0.39, 0.29) is 11.9 Å². The molecule has 1 heterocycles. The molecule has 1 aliphatic rings. The summed E-state index contributed by atoms with van der Waals surface area (Å²) in [5.74, 6) is -0.343. The van der Waals surface area contributed by atoms with E-state index >= 15 is 0 Å². The van der Waals surface area contributed by atoms with Gasteiger partial charge in [-0.05, 0) is 32.3 Å². The molecule has 21 heavy (non-hydrogen) atoms. The van der Waals surface area contributed by atoms with Crippen molar-refractivity contribution in [2.75, 3.05) is 6.61 Å². The molecular weight excluding hydrogens is 268 g/mol. The van der Waals surface area contributed by atoms with Crippen LogP contribution in [0.3, 0.4) is 0 Å². The highest BCUT2D eigenvalue weighted by atomic mass is 16.6. The Hall–Kier alpha value is -2.23. The summed E-state index contributed by atoms with van der Waals surface area (Å²) in [6, 6.07) is 9.78. The van der Waals surface area contributed by atoms with E-state index in [9.17, 15) is 9.90 Å². The van der Waals surface area contributed by atoms with Gasteiger partial charge in [0, 0.05) is 6.08 Å². The van der Waals surface area contributed by atoms with Crippen molar-refractivity contribution in [2.45, 2.75) is 32.3 Å². The van der Waals surface area contributed by atoms with Gasteiger partial charge in [0.05, 0.1) is 12.2 Å². The van der Waals surface area contributed by atoms with Gasteiger partial charge in [-0.1, -0.05) is 36.4 Å². The number of aliphatic hydroxyl groups is 1. The molecular formula is C17H20O4. The minimum Gasteiger partial charge on any atom is -0.481 e. The maximum Gasteiger partial charge on any atom is 0.330 e. The van der Waals surface area contributed by atoms with Gasteiger partial charge in [0.1, 0.15) is 0 Å². The molecule has 2 rings (SSSR count). The minimum absolute atomic E-state index is 0.00627. The van der Waals surface area contributed by atoms with E-state index in [0.29, 0.717) is 19.4 Å². The molecule has 0 saturated heterocycles. The van der Waals surface area contributed by atoms with Gasteiger partial charge >= 0.3 is 5.97 Å². The average Bonchev–Trinajstić information content (AvgIpc) is 2.51. The SMILES string of the molecule is CCOC(=O)/C=C/CCC1(c2ccccc2)OC(O)=C1C. The van der Waals surface area contributed by atoms with Crippen LogP contribution in [-0.2, 0) is 19.9 Å². The molecule has 0 bridgehead atoms. The van der Waals surface area contributed by atoms with Crippen molar-refractivity contribution in [1.82, 2.24) is 0 Å². The predicted octanol–water partition coefficient (Wildman–Crippen LogP) is 3.60. The molecule has 0 spiro atoms. The van der Waals surface area contributed by atoms with Crippen LogP contribution in [0.25, 0.3) is 0 Å². The van der Waals surface area contributed by atoms with Gasteiger partial charge in [-0.2, -0.15) is 0 Å². The van der Waals surface area contributed by atoms with E-state index in [1.807, 2.05) is 37.3 Å². The summed E-state index contributed by atoms with van der Waals surface area (Å²) in [5, 5.41) is 9.59. The van der Waals surface area contributed by atoms with E-state index in [1.54, 1.807) is 13.0 Å². The van der Waals surface area contributed by atoms with Gasteiger partial charge in [-0.15, -0.1) is 0 Å². The topological polar surface area (TPSA) is 55.8 Å². The molecule has 0 aliphatic carbocycles. The first-order chi connectivity index (χ1) is 10.1. The summed E-state index contributed by atoms with van der Waals surface area (Å²) < 4.78 is 10.4. The van der Waals surface area contributed by atoms with E-state index < -0.39 is 5.60 Å². The van der Waals surface area contributed by atoms with Crippen molar-refractivity contribution >= 4 is 5.97 Å². The summed E-state index contributed by atoms with van der Waals surface area (Å²) in [4.78, 5) is 11.2. The fourth-order valence-electron chi connectivity index (χ4n) is 2.47. The molecule has 1 aromatic rings. The van der Waals surface area contributed by atoms with Crippen molar-refractivity contribution < 1.29 is 19.4 Å².